The topological polar surface area (TPSA) is 37.4 Å². The largest absolute Gasteiger partial charge is 0.373 e. The molecule has 0 radical (unpaired) electrons. The molecule has 1 aromatic heterocycles. The fourth-order valence-corrected chi connectivity index (χ4v) is 4.11. The van der Waals surface area contributed by atoms with Gasteiger partial charge in [0.25, 0.3) is 0 Å². The molecule has 4 nitrogen and oxygen atoms in total. The summed E-state index contributed by atoms with van der Waals surface area (Å²) < 4.78 is 5.84. The molecule has 1 saturated heterocycles. The van der Waals surface area contributed by atoms with E-state index < -0.39 is 0 Å². The maximum absolute atomic E-state index is 5.84. The van der Waals surface area contributed by atoms with Crippen LogP contribution in [0.2, 0.25) is 0 Å². The highest BCUT2D eigenvalue weighted by Crippen LogP contribution is 2.17. The molecule has 0 spiro atoms. The Bertz CT molecular complexity index is 648. The predicted octanol–water partition coefficient (Wildman–Crippen LogP) is 3.35. The third-order valence-electron chi connectivity index (χ3n) is 4.29. The number of nitrogens with zero attached hydrogens (tertiary/aromatic N) is 2. The standard InChI is InChI=1S/C19H27N3OS/c1-14-11-22(12-15(2)23-14)13-18-7-5-4-6-17(18)8-20-9-19-10-21-16(3)24-19/h4-7,10,14-15,20H,8-9,11-13H2,1-3H3. The van der Waals surface area contributed by atoms with E-state index >= 15 is 0 Å². The SMILES string of the molecule is Cc1ncc(CNCc2ccccc2CN2CC(C)OC(C)C2)s1. The summed E-state index contributed by atoms with van der Waals surface area (Å²) in [6.07, 6.45) is 2.59. The molecule has 1 aliphatic heterocycles. The second-order valence-electron chi connectivity index (χ2n) is 6.67. The van der Waals surface area contributed by atoms with E-state index in [2.05, 4.69) is 53.3 Å². The minimum absolute atomic E-state index is 0.314. The molecule has 5 heteroatoms. The van der Waals surface area contributed by atoms with E-state index in [1.54, 1.807) is 11.3 Å². The van der Waals surface area contributed by atoms with Gasteiger partial charge in [-0.25, -0.2) is 4.98 Å². The lowest BCUT2D eigenvalue weighted by atomic mass is 10.1. The Balaban J connectivity index is 1.58. The second kappa shape index (κ2) is 8.21. The highest BCUT2D eigenvalue weighted by atomic mass is 32.1. The molecule has 2 unspecified atom stereocenters. The van der Waals surface area contributed by atoms with Crippen molar-refractivity contribution >= 4 is 11.3 Å². The van der Waals surface area contributed by atoms with Crippen LogP contribution in [-0.2, 0) is 24.4 Å². The number of thiazole rings is 1. The Morgan fingerprint density at radius 2 is 1.88 bits per heavy atom. The highest BCUT2D eigenvalue weighted by Gasteiger charge is 2.22. The number of ether oxygens (including phenoxy) is 1. The molecule has 3 rings (SSSR count). The van der Waals surface area contributed by atoms with Crippen molar-refractivity contribution in [2.75, 3.05) is 13.1 Å². The van der Waals surface area contributed by atoms with Gasteiger partial charge in [-0.05, 0) is 31.9 Å². The Kier molecular flexibility index (Phi) is 6.00. The van der Waals surface area contributed by atoms with E-state index in [0.717, 1.165) is 37.7 Å². The summed E-state index contributed by atoms with van der Waals surface area (Å²) in [7, 11) is 0. The summed E-state index contributed by atoms with van der Waals surface area (Å²) in [5.74, 6) is 0. The van der Waals surface area contributed by atoms with Gasteiger partial charge in [0.2, 0.25) is 0 Å². The van der Waals surface area contributed by atoms with Crippen molar-refractivity contribution in [3.05, 3.63) is 51.5 Å². The molecule has 0 bridgehead atoms. The Morgan fingerprint density at radius 3 is 2.54 bits per heavy atom. The van der Waals surface area contributed by atoms with Crippen molar-refractivity contribution < 1.29 is 4.74 Å². The lowest BCUT2D eigenvalue weighted by Gasteiger charge is -2.35. The highest BCUT2D eigenvalue weighted by molar-refractivity contribution is 7.11. The van der Waals surface area contributed by atoms with Crippen LogP contribution in [0, 0.1) is 6.92 Å². The predicted molar refractivity (Wildman–Crippen MR) is 99.1 cm³/mol. The number of morpholine rings is 1. The van der Waals surface area contributed by atoms with Crippen molar-refractivity contribution in [3.8, 4) is 0 Å². The van der Waals surface area contributed by atoms with E-state index in [1.165, 1.54) is 16.0 Å². The molecular formula is C19H27N3OS. The van der Waals surface area contributed by atoms with Crippen LogP contribution in [0.25, 0.3) is 0 Å². The van der Waals surface area contributed by atoms with Gasteiger partial charge >= 0.3 is 0 Å². The van der Waals surface area contributed by atoms with Gasteiger partial charge in [-0.15, -0.1) is 11.3 Å². The maximum atomic E-state index is 5.84. The van der Waals surface area contributed by atoms with E-state index in [-0.39, 0.29) is 0 Å². The fraction of sp³-hybridized carbons (Fsp3) is 0.526. The van der Waals surface area contributed by atoms with Crippen molar-refractivity contribution in [1.82, 2.24) is 15.2 Å². The lowest BCUT2D eigenvalue weighted by Crippen LogP contribution is -2.45. The minimum atomic E-state index is 0.314. The van der Waals surface area contributed by atoms with Crippen LogP contribution >= 0.6 is 11.3 Å². The molecule has 2 aromatic rings. The van der Waals surface area contributed by atoms with E-state index in [0.29, 0.717) is 12.2 Å². The number of aryl methyl sites for hydroxylation is 1. The van der Waals surface area contributed by atoms with E-state index in [1.807, 2.05) is 13.1 Å². The van der Waals surface area contributed by atoms with Gasteiger partial charge < -0.3 is 10.1 Å². The summed E-state index contributed by atoms with van der Waals surface area (Å²) in [4.78, 5) is 8.11. The summed E-state index contributed by atoms with van der Waals surface area (Å²) >= 11 is 1.76. The lowest BCUT2D eigenvalue weighted by molar-refractivity contribution is -0.0705. The summed E-state index contributed by atoms with van der Waals surface area (Å²) in [6, 6.07) is 8.74. The number of benzene rings is 1. The summed E-state index contributed by atoms with van der Waals surface area (Å²) in [5.41, 5.74) is 2.79. The summed E-state index contributed by atoms with van der Waals surface area (Å²) in [5, 5.41) is 4.68. The Hall–Kier alpha value is -1.27. The van der Waals surface area contributed by atoms with Gasteiger partial charge in [0.05, 0.1) is 17.2 Å². The zero-order chi connectivity index (χ0) is 16.9. The van der Waals surface area contributed by atoms with Crippen LogP contribution in [0.3, 0.4) is 0 Å². The molecule has 0 amide bonds. The first-order valence-corrected chi connectivity index (χ1v) is 9.48. The van der Waals surface area contributed by atoms with Crippen molar-refractivity contribution in [2.45, 2.75) is 52.6 Å². The van der Waals surface area contributed by atoms with Gasteiger partial charge in [0, 0.05) is 43.8 Å². The normalized spacial score (nSPS) is 22.0. The first-order chi connectivity index (χ1) is 11.6. The number of rotatable bonds is 6. The van der Waals surface area contributed by atoms with Gasteiger partial charge in [-0.3, -0.25) is 4.90 Å². The molecular weight excluding hydrogens is 318 g/mol. The van der Waals surface area contributed by atoms with Gasteiger partial charge in [-0.2, -0.15) is 0 Å². The average Bonchev–Trinajstić information content (AvgIpc) is 2.93. The molecule has 1 fully saturated rings. The van der Waals surface area contributed by atoms with E-state index in [9.17, 15) is 0 Å². The minimum Gasteiger partial charge on any atom is -0.373 e. The summed E-state index contributed by atoms with van der Waals surface area (Å²) in [6.45, 7) is 11.1. The molecule has 1 aliphatic rings. The van der Waals surface area contributed by atoms with E-state index in [4.69, 9.17) is 4.74 Å². The number of hydrogen-bond donors (Lipinski definition) is 1. The van der Waals surface area contributed by atoms with Crippen molar-refractivity contribution in [1.29, 1.82) is 0 Å². The van der Waals surface area contributed by atoms with Crippen LogP contribution in [0.1, 0.15) is 34.9 Å². The van der Waals surface area contributed by atoms with Crippen LogP contribution in [0.5, 0.6) is 0 Å². The third kappa shape index (κ3) is 4.86. The van der Waals surface area contributed by atoms with Crippen LogP contribution in [0.15, 0.2) is 30.5 Å². The van der Waals surface area contributed by atoms with Gasteiger partial charge in [-0.1, -0.05) is 24.3 Å². The monoisotopic (exact) mass is 345 g/mol. The van der Waals surface area contributed by atoms with Crippen molar-refractivity contribution in [3.63, 3.8) is 0 Å². The number of nitrogens with one attached hydrogen (secondary N) is 1. The molecule has 24 heavy (non-hydrogen) atoms. The fourth-order valence-electron chi connectivity index (χ4n) is 3.35. The zero-order valence-corrected chi connectivity index (χ0v) is 15.6. The Morgan fingerprint density at radius 1 is 1.17 bits per heavy atom. The average molecular weight is 346 g/mol. The van der Waals surface area contributed by atoms with Crippen LogP contribution < -0.4 is 5.32 Å². The number of aromatic nitrogens is 1. The molecule has 0 saturated carbocycles. The molecule has 2 heterocycles. The first-order valence-electron chi connectivity index (χ1n) is 8.67. The molecule has 1 aromatic carbocycles. The second-order valence-corrected chi connectivity index (χ2v) is 7.99. The van der Waals surface area contributed by atoms with Crippen molar-refractivity contribution in [2.24, 2.45) is 0 Å². The molecule has 130 valence electrons. The quantitative estimate of drug-likeness (QED) is 0.871. The van der Waals surface area contributed by atoms with Crippen LogP contribution in [0.4, 0.5) is 0 Å². The maximum Gasteiger partial charge on any atom is 0.0897 e. The third-order valence-corrected chi connectivity index (χ3v) is 5.20. The Labute approximate surface area is 148 Å². The molecule has 1 N–H and O–H groups in total. The smallest absolute Gasteiger partial charge is 0.0897 e. The number of hydrogen-bond acceptors (Lipinski definition) is 5. The van der Waals surface area contributed by atoms with Gasteiger partial charge in [0.1, 0.15) is 0 Å². The molecule has 0 aliphatic carbocycles. The van der Waals surface area contributed by atoms with Gasteiger partial charge in [0.15, 0.2) is 0 Å². The van der Waals surface area contributed by atoms with Crippen LogP contribution in [-0.4, -0.2) is 35.2 Å². The molecule has 2 atom stereocenters. The first kappa shape index (κ1) is 17.5. The zero-order valence-electron chi connectivity index (χ0n) is 14.8.